The van der Waals surface area contributed by atoms with Crippen molar-refractivity contribution in [2.75, 3.05) is 27.9 Å². The van der Waals surface area contributed by atoms with E-state index in [-0.39, 0.29) is 54.8 Å². The Morgan fingerprint density at radius 3 is 2.25 bits per heavy atom. The molecule has 4 rings (SSSR count). The first-order valence-electron chi connectivity index (χ1n) is 24.8. The van der Waals surface area contributed by atoms with Gasteiger partial charge in [-0.2, -0.15) is 0 Å². The fourth-order valence-corrected chi connectivity index (χ4v) is 10.4. The fraction of sp³-hybridized carbons (Fsp3) is 0.736. The van der Waals surface area contributed by atoms with Crippen LogP contribution in [0.5, 0.6) is 0 Å². The molecule has 0 aromatic carbocycles. The molecule has 382 valence electrons. The number of carbonyl (C=O) groups is 6. The molecular formula is C53H81NO14. The number of amides is 1. The van der Waals surface area contributed by atoms with Crippen LogP contribution in [0.15, 0.2) is 47.6 Å². The van der Waals surface area contributed by atoms with E-state index in [1.54, 1.807) is 41.1 Å². The quantitative estimate of drug-likeness (QED) is 0.154. The van der Waals surface area contributed by atoms with Crippen LogP contribution in [-0.2, 0) is 57.2 Å². The topological polar surface area (TPSA) is 202 Å². The van der Waals surface area contributed by atoms with E-state index in [0.29, 0.717) is 69.8 Å². The van der Waals surface area contributed by atoms with Crippen LogP contribution in [0, 0.1) is 35.5 Å². The molecule has 0 aromatic heterocycles. The van der Waals surface area contributed by atoms with Crippen molar-refractivity contribution in [3.8, 4) is 0 Å². The van der Waals surface area contributed by atoms with E-state index in [1.165, 1.54) is 18.9 Å². The van der Waals surface area contributed by atoms with Gasteiger partial charge in [-0.05, 0) is 107 Å². The number of rotatable bonds is 7. The molecule has 4 aliphatic rings. The second kappa shape index (κ2) is 26.4. The summed E-state index contributed by atoms with van der Waals surface area (Å²) in [5.41, 5.74) is 1.31. The number of piperidine rings is 1. The third kappa shape index (κ3) is 15.1. The van der Waals surface area contributed by atoms with Gasteiger partial charge in [0, 0.05) is 65.4 Å². The number of cyclic esters (lactones) is 1. The van der Waals surface area contributed by atoms with Crippen molar-refractivity contribution in [1.82, 2.24) is 4.90 Å². The van der Waals surface area contributed by atoms with Gasteiger partial charge in [-0.25, -0.2) is 4.79 Å². The summed E-state index contributed by atoms with van der Waals surface area (Å²) in [6, 6.07) is -1.16. The molecule has 3 aliphatic heterocycles. The average molecular weight is 956 g/mol. The predicted octanol–water partition coefficient (Wildman–Crippen LogP) is 6.75. The van der Waals surface area contributed by atoms with Gasteiger partial charge < -0.3 is 43.5 Å². The minimum atomic E-state index is -2.44. The van der Waals surface area contributed by atoms with E-state index >= 15 is 0 Å². The fourth-order valence-electron chi connectivity index (χ4n) is 10.4. The Morgan fingerprint density at radius 1 is 0.868 bits per heavy atom. The third-order valence-corrected chi connectivity index (χ3v) is 14.7. The number of hydrogen-bond acceptors (Lipinski definition) is 14. The van der Waals surface area contributed by atoms with E-state index in [4.69, 9.17) is 28.4 Å². The number of hydrogen-bond donors (Lipinski definition) is 2. The monoisotopic (exact) mass is 956 g/mol. The van der Waals surface area contributed by atoms with Gasteiger partial charge in [-0.3, -0.25) is 24.0 Å². The van der Waals surface area contributed by atoms with Crippen LogP contribution in [0.25, 0.3) is 0 Å². The van der Waals surface area contributed by atoms with Crippen molar-refractivity contribution in [2.24, 2.45) is 35.5 Å². The average Bonchev–Trinajstić information content (AvgIpc) is 3.30. The molecule has 0 aromatic rings. The van der Waals surface area contributed by atoms with Crippen LogP contribution >= 0.6 is 0 Å². The van der Waals surface area contributed by atoms with Crippen LogP contribution in [0.2, 0.25) is 0 Å². The summed E-state index contributed by atoms with van der Waals surface area (Å²) in [4.78, 5) is 85.0. The number of aliphatic hydroxyl groups is 2. The second-order valence-corrected chi connectivity index (χ2v) is 20.2. The van der Waals surface area contributed by atoms with E-state index in [0.717, 1.165) is 5.57 Å². The van der Waals surface area contributed by atoms with Crippen molar-refractivity contribution in [1.29, 1.82) is 0 Å². The van der Waals surface area contributed by atoms with E-state index < -0.39 is 89.8 Å². The molecule has 1 amide bonds. The van der Waals surface area contributed by atoms with Crippen LogP contribution < -0.4 is 0 Å². The van der Waals surface area contributed by atoms with Crippen molar-refractivity contribution in [3.63, 3.8) is 0 Å². The lowest BCUT2D eigenvalue weighted by Crippen LogP contribution is -2.61. The van der Waals surface area contributed by atoms with Crippen LogP contribution in [0.1, 0.15) is 132 Å². The van der Waals surface area contributed by atoms with Crippen LogP contribution in [0.4, 0.5) is 0 Å². The molecule has 0 radical (unpaired) electrons. The predicted molar refractivity (Wildman–Crippen MR) is 255 cm³/mol. The molecule has 15 heteroatoms. The molecule has 2 saturated heterocycles. The summed E-state index contributed by atoms with van der Waals surface area (Å²) in [7, 11) is 4.52. The van der Waals surface area contributed by atoms with Crippen molar-refractivity contribution in [3.05, 3.63) is 47.6 Å². The van der Waals surface area contributed by atoms with Gasteiger partial charge in [-0.15, -0.1) is 0 Å². The molecule has 3 fully saturated rings. The Hall–Kier alpha value is -3.86. The van der Waals surface area contributed by atoms with Crippen LogP contribution in [-0.4, -0.2) is 133 Å². The molecule has 15 atom stereocenters. The Kier molecular flexibility index (Phi) is 22.0. The number of ketones is 3. The highest BCUT2D eigenvalue weighted by molar-refractivity contribution is 6.39. The first kappa shape index (κ1) is 56.7. The first-order chi connectivity index (χ1) is 32.1. The van der Waals surface area contributed by atoms with Crippen molar-refractivity contribution in [2.45, 2.75) is 187 Å². The zero-order valence-electron chi connectivity index (χ0n) is 42.5. The molecular weight excluding hydrogens is 875 g/mol. The largest absolute Gasteiger partial charge is 0.460 e. The molecule has 15 nitrogen and oxygen atoms in total. The van der Waals surface area contributed by atoms with E-state index in [2.05, 4.69) is 0 Å². The highest BCUT2D eigenvalue weighted by Gasteiger charge is 2.53. The van der Waals surface area contributed by atoms with Crippen molar-refractivity contribution < 1.29 is 67.4 Å². The van der Waals surface area contributed by atoms with Gasteiger partial charge in [0.25, 0.3) is 11.7 Å². The molecule has 2 N–H and O–H groups in total. The number of nitrogens with zero attached hydrogens (tertiary/aromatic N) is 1. The maximum absolute atomic E-state index is 14.4. The maximum atomic E-state index is 14.4. The molecule has 1 aliphatic carbocycles. The Labute approximate surface area is 404 Å². The molecule has 68 heavy (non-hydrogen) atoms. The zero-order valence-corrected chi connectivity index (χ0v) is 42.5. The summed E-state index contributed by atoms with van der Waals surface area (Å²) in [5.74, 6) is -8.82. The number of aliphatic hydroxyl groups excluding tert-OH is 1. The highest BCUT2D eigenvalue weighted by atomic mass is 16.6. The minimum absolute atomic E-state index is 0.0131. The molecule has 0 spiro atoms. The van der Waals surface area contributed by atoms with Gasteiger partial charge in [0.15, 0.2) is 18.0 Å². The molecule has 3 heterocycles. The number of carbonyl (C=O) groups excluding carboxylic acids is 6. The lowest BCUT2D eigenvalue weighted by molar-refractivity contribution is -0.265. The smallest absolute Gasteiger partial charge is 0.329 e. The first-order valence-corrected chi connectivity index (χ1v) is 24.8. The summed E-state index contributed by atoms with van der Waals surface area (Å²) in [6.45, 7) is 14.0. The van der Waals surface area contributed by atoms with E-state index in [1.807, 2.05) is 58.1 Å². The molecule has 7 unspecified atom stereocenters. The summed E-state index contributed by atoms with van der Waals surface area (Å²) < 4.78 is 35.3. The summed E-state index contributed by atoms with van der Waals surface area (Å²) >= 11 is 0. The van der Waals surface area contributed by atoms with Gasteiger partial charge in [0.2, 0.25) is 5.79 Å². The number of methoxy groups -OCH3 is 3. The molecule has 1 saturated carbocycles. The van der Waals surface area contributed by atoms with Gasteiger partial charge in [0.05, 0.1) is 24.4 Å². The number of allylic oxidation sites excluding steroid dienone is 6. The number of esters is 2. The SMILES string of the molecule is COC1CC(C[C@@H](C)C2CC(=O)[C@H](C)/C=C(\C)[C@H](OC(C)=O)[C@@H](OC)C(=O)C(C)C[C@H](C)/C=C/C=C/C=C(\C)[C@@H](OC)C[C@@H]3CCC(C)C(O)(O3)C(=O)C(=O)N3CCCCC3C(=O)O2)CC[C@H]1O. The number of Topliss-reactive ketones (excluding diaryl/α,β-unsaturated/α-hetero) is 3. The van der Waals surface area contributed by atoms with Crippen molar-refractivity contribution >= 4 is 35.2 Å². The van der Waals surface area contributed by atoms with Crippen LogP contribution in [0.3, 0.4) is 0 Å². The Balaban J connectivity index is 1.75. The lowest BCUT2D eigenvalue weighted by Gasteiger charge is -2.42. The third-order valence-electron chi connectivity index (χ3n) is 14.7. The summed E-state index contributed by atoms with van der Waals surface area (Å²) in [6.07, 6.45) is 11.1. The minimum Gasteiger partial charge on any atom is -0.460 e. The Bertz CT molecular complexity index is 1870. The normalized spacial score (nSPS) is 39.0. The zero-order chi connectivity index (χ0) is 50.5. The standard InChI is InChI=1S/C53H81NO14/c1-31-17-13-12-14-18-32(2)44(63-9)29-40-22-20-37(7)53(62,68-40)50(59)51(60)54-24-16-15-19-41(54)52(61)67-45(34(4)27-39-21-23-42(56)46(28-39)64-10)30-43(57)33(3)26-36(6)48(66-38(8)55)49(65-11)47(58)35(5)25-31/h12-14,17-18,26,31,33-35,37,39-42,44-46,48-49,56,62H,15-16,19-25,27-30H2,1-11H3/b14-12+,17-13+,32-18+,36-26+/t31-,33-,34-,35?,37?,39?,40+,41?,42-,44+,45?,46?,48+,49+,53?/m1/s1. The number of fused-ring (bicyclic) bond motifs is 3. The number of ether oxygens (including phenoxy) is 6. The highest BCUT2D eigenvalue weighted by Crippen LogP contribution is 2.38. The lowest BCUT2D eigenvalue weighted by atomic mass is 9.78. The van der Waals surface area contributed by atoms with Gasteiger partial charge in [-0.1, -0.05) is 71.1 Å². The maximum Gasteiger partial charge on any atom is 0.329 e. The summed E-state index contributed by atoms with van der Waals surface area (Å²) in [5, 5.41) is 22.5. The molecule has 2 bridgehead atoms. The van der Waals surface area contributed by atoms with Gasteiger partial charge >= 0.3 is 11.9 Å². The van der Waals surface area contributed by atoms with E-state index in [9.17, 15) is 39.0 Å². The van der Waals surface area contributed by atoms with Gasteiger partial charge in [0.1, 0.15) is 17.9 Å². The second-order valence-electron chi connectivity index (χ2n) is 20.2. The Morgan fingerprint density at radius 2 is 1.59 bits per heavy atom.